The molecule has 1 N–H and O–H groups in total. The number of likely N-dealkylation sites (tertiary alicyclic amines) is 1. The molecule has 29 heavy (non-hydrogen) atoms. The maximum atomic E-state index is 12.8. The normalized spacial score (nSPS) is 26.7. The SMILES string of the molecule is CC1CCN(C(=O)C2CCC(CNc3c(N4CCOCC4)c(=O)c3=O)CC2)CC1. The van der Waals surface area contributed by atoms with Gasteiger partial charge in [-0.2, -0.15) is 0 Å². The van der Waals surface area contributed by atoms with Crippen LogP contribution < -0.4 is 21.1 Å². The molecule has 2 aliphatic heterocycles. The fourth-order valence-corrected chi connectivity index (χ4v) is 4.98. The number of carbonyl (C=O) groups excluding carboxylic acids is 1. The number of ether oxygens (including phenoxy) is 1. The molecule has 1 aromatic carbocycles. The Morgan fingerprint density at radius 2 is 1.62 bits per heavy atom. The highest BCUT2D eigenvalue weighted by Gasteiger charge is 2.32. The largest absolute Gasteiger partial charge is 0.380 e. The minimum absolute atomic E-state index is 0.162. The Morgan fingerprint density at radius 3 is 2.28 bits per heavy atom. The van der Waals surface area contributed by atoms with Gasteiger partial charge in [-0.3, -0.25) is 14.4 Å². The Balaban J connectivity index is 1.26. The minimum Gasteiger partial charge on any atom is -0.380 e. The molecule has 0 unspecified atom stereocenters. The zero-order valence-corrected chi connectivity index (χ0v) is 17.5. The third-order valence-electron chi connectivity index (χ3n) is 7.07. The Hall–Kier alpha value is -1.89. The predicted octanol–water partition coefficient (Wildman–Crippen LogP) is 1.60. The van der Waals surface area contributed by atoms with Crippen molar-refractivity contribution >= 4 is 17.3 Å². The summed E-state index contributed by atoms with van der Waals surface area (Å²) in [6.07, 6.45) is 6.10. The van der Waals surface area contributed by atoms with E-state index in [0.717, 1.165) is 57.5 Å². The average molecular weight is 404 g/mol. The lowest BCUT2D eigenvalue weighted by Crippen LogP contribution is -2.47. The lowest BCUT2D eigenvalue weighted by atomic mass is 9.81. The number of hydrogen-bond donors (Lipinski definition) is 1. The molecule has 3 fully saturated rings. The second-order valence-corrected chi connectivity index (χ2v) is 9.09. The molecular weight excluding hydrogens is 370 g/mol. The van der Waals surface area contributed by atoms with Crippen molar-refractivity contribution in [2.75, 3.05) is 56.2 Å². The summed E-state index contributed by atoms with van der Waals surface area (Å²) in [5.41, 5.74) is 0.258. The maximum Gasteiger partial charge on any atom is 0.253 e. The first-order valence-corrected chi connectivity index (χ1v) is 11.2. The Labute approximate surface area is 172 Å². The van der Waals surface area contributed by atoms with Gasteiger partial charge in [0.2, 0.25) is 5.91 Å². The number of nitrogens with zero attached hydrogens (tertiary/aromatic N) is 2. The summed E-state index contributed by atoms with van der Waals surface area (Å²) in [4.78, 5) is 40.9. The Morgan fingerprint density at radius 1 is 0.966 bits per heavy atom. The number of amides is 1. The highest BCUT2D eigenvalue weighted by molar-refractivity contribution is 5.79. The summed E-state index contributed by atoms with van der Waals surface area (Å²) in [5.74, 6) is 1.69. The number of morpholine rings is 1. The fraction of sp³-hybridized carbons (Fsp3) is 0.773. The molecule has 3 aliphatic rings. The first-order valence-electron chi connectivity index (χ1n) is 11.2. The number of carbonyl (C=O) groups is 1. The molecular formula is C22H33N3O4. The van der Waals surface area contributed by atoms with Crippen molar-refractivity contribution in [2.24, 2.45) is 17.8 Å². The Kier molecular flexibility index (Phi) is 6.23. The summed E-state index contributed by atoms with van der Waals surface area (Å²) < 4.78 is 5.34. The Bertz CT molecular complexity index is 778. The van der Waals surface area contributed by atoms with Crippen molar-refractivity contribution < 1.29 is 9.53 Å². The van der Waals surface area contributed by atoms with Gasteiger partial charge in [0, 0.05) is 38.6 Å². The van der Waals surface area contributed by atoms with Crippen LogP contribution in [0.2, 0.25) is 0 Å². The van der Waals surface area contributed by atoms with Crippen LogP contribution in [0.5, 0.6) is 0 Å². The van der Waals surface area contributed by atoms with Crippen LogP contribution >= 0.6 is 0 Å². The van der Waals surface area contributed by atoms with Crippen LogP contribution in [-0.2, 0) is 9.53 Å². The van der Waals surface area contributed by atoms with Gasteiger partial charge in [-0.1, -0.05) is 6.92 Å². The van der Waals surface area contributed by atoms with E-state index in [2.05, 4.69) is 17.1 Å². The molecule has 1 aromatic rings. The van der Waals surface area contributed by atoms with E-state index in [-0.39, 0.29) is 11.3 Å². The van der Waals surface area contributed by atoms with Crippen molar-refractivity contribution in [3.05, 3.63) is 20.4 Å². The first-order chi connectivity index (χ1) is 14.0. The molecule has 1 amide bonds. The standard InChI is InChI=1S/C22H33N3O4/c1-15-6-8-25(9-7-15)22(28)17-4-2-16(3-5-17)14-23-18-19(21(27)20(18)26)24-10-12-29-13-11-24/h15-17,23H,2-14H2,1H3. The van der Waals surface area contributed by atoms with E-state index < -0.39 is 5.43 Å². The van der Waals surface area contributed by atoms with Crippen LogP contribution in [0.1, 0.15) is 45.4 Å². The lowest BCUT2D eigenvalue weighted by molar-refractivity contribution is -0.138. The molecule has 160 valence electrons. The number of piperidine rings is 1. The van der Waals surface area contributed by atoms with Gasteiger partial charge < -0.3 is 19.9 Å². The van der Waals surface area contributed by atoms with Crippen molar-refractivity contribution in [2.45, 2.75) is 45.4 Å². The highest BCUT2D eigenvalue weighted by Crippen LogP contribution is 2.32. The van der Waals surface area contributed by atoms with Crippen molar-refractivity contribution in [1.29, 1.82) is 0 Å². The molecule has 0 spiro atoms. The smallest absolute Gasteiger partial charge is 0.253 e. The monoisotopic (exact) mass is 403 g/mol. The summed E-state index contributed by atoms with van der Waals surface area (Å²) in [6.45, 7) is 7.28. The van der Waals surface area contributed by atoms with E-state index >= 15 is 0 Å². The van der Waals surface area contributed by atoms with Gasteiger partial charge in [-0.25, -0.2) is 0 Å². The van der Waals surface area contributed by atoms with E-state index in [1.165, 1.54) is 0 Å². The summed E-state index contributed by atoms with van der Waals surface area (Å²) in [5, 5.41) is 3.26. The second-order valence-electron chi connectivity index (χ2n) is 9.09. The lowest BCUT2D eigenvalue weighted by Gasteiger charge is -2.36. The summed E-state index contributed by atoms with van der Waals surface area (Å²) in [6, 6.07) is 0. The number of hydrogen-bond acceptors (Lipinski definition) is 6. The van der Waals surface area contributed by atoms with E-state index in [1.54, 1.807) is 0 Å². The molecule has 2 saturated heterocycles. The second kappa shape index (κ2) is 8.86. The van der Waals surface area contributed by atoms with E-state index in [4.69, 9.17) is 4.74 Å². The van der Waals surface area contributed by atoms with Gasteiger partial charge in [0.05, 0.1) is 13.2 Å². The summed E-state index contributed by atoms with van der Waals surface area (Å²) >= 11 is 0. The molecule has 0 radical (unpaired) electrons. The van der Waals surface area contributed by atoms with Crippen molar-refractivity contribution in [3.63, 3.8) is 0 Å². The predicted molar refractivity (Wildman–Crippen MR) is 113 cm³/mol. The molecule has 0 aromatic heterocycles. The van der Waals surface area contributed by atoms with E-state index in [1.807, 2.05) is 4.90 Å². The molecule has 7 heteroatoms. The zero-order valence-electron chi connectivity index (χ0n) is 17.5. The van der Waals surface area contributed by atoms with Crippen LogP contribution in [0.4, 0.5) is 11.4 Å². The summed E-state index contributed by atoms with van der Waals surface area (Å²) in [7, 11) is 0. The van der Waals surface area contributed by atoms with Crippen molar-refractivity contribution in [1.82, 2.24) is 4.90 Å². The maximum absolute atomic E-state index is 12.8. The van der Waals surface area contributed by atoms with Crippen LogP contribution in [0.15, 0.2) is 9.59 Å². The molecule has 1 aliphatic carbocycles. The molecule has 0 atom stereocenters. The molecule has 0 bridgehead atoms. The third kappa shape index (κ3) is 4.34. The molecule has 1 saturated carbocycles. The van der Waals surface area contributed by atoms with Crippen molar-refractivity contribution in [3.8, 4) is 0 Å². The number of nitrogens with one attached hydrogen (secondary N) is 1. The topological polar surface area (TPSA) is 79.0 Å². The molecule has 2 heterocycles. The van der Waals surface area contributed by atoms with Gasteiger partial charge in [0.15, 0.2) is 0 Å². The molecule has 4 rings (SSSR count). The molecule has 7 nitrogen and oxygen atoms in total. The van der Waals surface area contributed by atoms with E-state index in [0.29, 0.717) is 56.0 Å². The highest BCUT2D eigenvalue weighted by atomic mass is 16.5. The number of anilines is 2. The van der Waals surface area contributed by atoms with Crippen LogP contribution in [0.3, 0.4) is 0 Å². The first kappa shape index (κ1) is 20.4. The van der Waals surface area contributed by atoms with Crippen LogP contribution in [-0.4, -0.2) is 56.7 Å². The van der Waals surface area contributed by atoms with Gasteiger partial charge in [-0.15, -0.1) is 0 Å². The average Bonchev–Trinajstić information content (AvgIpc) is 2.77. The third-order valence-corrected chi connectivity index (χ3v) is 7.07. The minimum atomic E-state index is -0.394. The van der Waals surface area contributed by atoms with E-state index in [9.17, 15) is 14.4 Å². The van der Waals surface area contributed by atoms with Crippen LogP contribution in [0.25, 0.3) is 0 Å². The van der Waals surface area contributed by atoms with Gasteiger partial charge in [0.1, 0.15) is 11.4 Å². The number of rotatable bonds is 5. The van der Waals surface area contributed by atoms with Crippen LogP contribution in [0, 0.1) is 17.8 Å². The van der Waals surface area contributed by atoms with Gasteiger partial charge in [-0.05, 0) is 50.4 Å². The van der Waals surface area contributed by atoms with Gasteiger partial charge >= 0.3 is 0 Å². The fourth-order valence-electron chi connectivity index (χ4n) is 4.98. The van der Waals surface area contributed by atoms with Gasteiger partial charge in [0.25, 0.3) is 10.9 Å². The quantitative estimate of drug-likeness (QED) is 0.753. The zero-order chi connectivity index (χ0) is 20.4.